The van der Waals surface area contributed by atoms with Gasteiger partial charge in [0.2, 0.25) is 10.0 Å². The lowest BCUT2D eigenvalue weighted by Gasteiger charge is -2.20. The van der Waals surface area contributed by atoms with E-state index in [0.717, 1.165) is 16.7 Å². The molecule has 0 radical (unpaired) electrons. The van der Waals surface area contributed by atoms with Crippen molar-refractivity contribution >= 4 is 15.9 Å². The van der Waals surface area contributed by atoms with Gasteiger partial charge in [0, 0.05) is 18.7 Å². The SMILES string of the molecule is CCN(CC)S(=O)(=O)c1ccc(C)c(C(=O)NC(C)c2ccccc2C)c1. The second-order valence-corrected chi connectivity index (χ2v) is 8.56. The highest BCUT2D eigenvalue weighted by atomic mass is 32.2. The Hall–Kier alpha value is -2.18. The molecule has 2 rings (SSSR count). The quantitative estimate of drug-likeness (QED) is 0.784. The second-order valence-electron chi connectivity index (χ2n) is 6.62. The Morgan fingerprint density at radius 1 is 1.04 bits per heavy atom. The Labute approximate surface area is 162 Å². The lowest BCUT2D eigenvalue weighted by molar-refractivity contribution is 0.0939. The molecule has 1 atom stereocenters. The minimum absolute atomic E-state index is 0.144. The van der Waals surface area contributed by atoms with Crippen LogP contribution in [-0.4, -0.2) is 31.7 Å². The van der Waals surface area contributed by atoms with Gasteiger partial charge in [0.25, 0.3) is 5.91 Å². The van der Waals surface area contributed by atoms with Crippen LogP contribution >= 0.6 is 0 Å². The van der Waals surface area contributed by atoms with E-state index in [4.69, 9.17) is 0 Å². The molecule has 0 heterocycles. The topological polar surface area (TPSA) is 66.5 Å². The van der Waals surface area contributed by atoms with Crippen LogP contribution in [0.3, 0.4) is 0 Å². The summed E-state index contributed by atoms with van der Waals surface area (Å²) in [5.74, 6) is -0.278. The summed E-state index contributed by atoms with van der Waals surface area (Å²) in [7, 11) is -3.61. The first-order valence-electron chi connectivity index (χ1n) is 9.19. The zero-order chi connectivity index (χ0) is 20.2. The monoisotopic (exact) mass is 388 g/mol. The molecule has 1 N–H and O–H groups in total. The van der Waals surface area contributed by atoms with Gasteiger partial charge in [0.1, 0.15) is 0 Å². The highest BCUT2D eigenvalue weighted by molar-refractivity contribution is 7.89. The van der Waals surface area contributed by atoms with Gasteiger partial charge in [0.05, 0.1) is 10.9 Å². The number of aryl methyl sites for hydroxylation is 2. The van der Waals surface area contributed by atoms with Gasteiger partial charge in [-0.2, -0.15) is 4.31 Å². The van der Waals surface area contributed by atoms with E-state index >= 15 is 0 Å². The van der Waals surface area contributed by atoms with E-state index in [1.165, 1.54) is 10.4 Å². The van der Waals surface area contributed by atoms with Crippen LogP contribution in [0.1, 0.15) is 53.9 Å². The smallest absolute Gasteiger partial charge is 0.252 e. The molecule has 2 aromatic carbocycles. The average molecular weight is 389 g/mol. The normalized spacial score (nSPS) is 12.8. The molecule has 27 heavy (non-hydrogen) atoms. The Bertz CT molecular complexity index is 919. The average Bonchev–Trinajstić information content (AvgIpc) is 2.62. The zero-order valence-corrected chi connectivity index (χ0v) is 17.4. The van der Waals surface area contributed by atoms with Crippen molar-refractivity contribution in [3.63, 3.8) is 0 Å². The van der Waals surface area contributed by atoms with E-state index in [-0.39, 0.29) is 16.8 Å². The maximum Gasteiger partial charge on any atom is 0.252 e. The first-order chi connectivity index (χ1) is 12.7. The first kappa shape index (κ1) is 21.1. The van der Waals surface area contributed by atoms with Crippen molar-refractivity contribution in [2.75, 3.05) is 13.1 Å². The maximum absolute atomic E-state index is 12.8. The van der Waals surface area contributed by atoms with Crippen molar-refractivity contribution in [3.8, 4) is 0 Å². The largest absolute Gasteiger partial charge is 0.345 e. The number of carbonyl (C=O) groups is 1. The molecule has 5 nitrogen and oxygen atoms in total. The van der Waals surface area contributed by atoms with Gasteiger partial charge < -0.3 is 5.32 Å². The Kier molecular flexibility index (Phi) is 6.78. The highest BCUT2D eigenvalue weighted by Crippen LogP contribution is 2.21. The second kappa shape index (κ2) is 8.67. The number of rotatable bonds is 7. The van der Waals surface area contributed by atoms with E-state index in [1.54, 1.807) is 32.9 Å². The number of nitrogens with one attached hydrogen (secondary N) is 1. The molecule has 0 spiro atoms. The summed E-state index contributed by atoms with van der Waals surface area (Å²) in [5, 5.41) is 2.98. The van der Waals surface area contributed by atoms with Gasteiger partial charge >= 0.3 is 0 Å². The molecule has 2 aromatic rings. The molecule has 0 aliphatic carbocycles. The minimum atomic E-state index is -3.61. The number of nitrogens with zero attached hydrogens (tertiary/aromatic N) is 1. The van der Waals surface area contributed by atoms with Crippen molar-refractivity contribution in [2.45, 2.75) is 45.6 Å². The van der Waals surface area contributed by atoms with E-state index in [2.05, 4.69) is 5.32 Å². The van der Waals surface area contributed by atoms with Gasteiger partial charge in [0.15, 0.2) is 0 Å². The van der Waals surface area contributed by atoms with Crippen LogP contribution in [0, 0.1) is 13.8 Å². The summed E-state index contributed by atoms with van der Waals surface area (Å²) in [6.45, 7) is 10.1. The van der Waals surface area contributed by atoms with Gasteiger partial charge in [-0.3, -0.25) is 4.79 Å². The molecule has 6 heteroatoms. The third kappa shape index (κ3) is 4.57. The number of hydrogen-bond acceptors (Lipinski definition) is 3. The number of benzene rings is 2. The number of carbonyl (C=O) groups excluding carboxylic acids is 1. The van der Waals surface area contributed by atoms with Crippen molar-refractivity contribution in [2.24, 2.45) is 0 Å². The highest BCUT2D eigenvalue weighted by Gasteiger charge is 2.24. The Morgan fingerprint density at radius 2 is 1.67 bits per heavy atom. The van der Waals surface area contributed by atoms with E-state index in [0.29, 0.717) is 18.7 Å². The van der Waals surface area contributed by atoms with E-state index in [9.17, 15) is 13.2 Å². The summed E-state index contributed by atoms with van der Waals surface area (Å²) in [6, 6.07) is 12.4. The van der Waals surface area contributed by atoms with Crippen molar-refractivity contribution < 1.29 is 13.2 Å². The summed E-state index contributed by atoms with van der Waals surface area (Å²) in [6.07, 6.45) is 0. The molecule has 0 aliphatic heterocycles. The third-order valence-corrected chi connectivity index (χ3v) is 6.85. The van der Waals surface area contributed by atoms with E-state index < -0.39 is 10.0 Å². The van der Waals surface area contributed by atoms with Gasteiger partial charge in [-0.15, -0.1) is 0 Å². The summed E-state index contributed by atoms with van der Waals surface area (Å²) < 4.78 is 26.9. The Morgan fingerprint density at radius 3 is 2.26 bits per heavy atom. The van der Waals surface area contributed by atoms with Crippen LogP contribution in [0.5, 0.6) is 0 Å². The fraction of sp³-hybridized carbons (Fsp3) is 0.381. The first-order valence-corrected chi connectivity index (χ1v) is 10.6. The zero-order valence-electron chi connectivity index (χ0n) is 16.6. The van der Waals surface area contributed by atoms with Crippen molar-refractivity contribution in [1.29, 1.82) is 0 Å². The lowest BCUT2D eigenvalue weighted by Crippen LogP contribution is -2.31. The lowest BCUT2D eigenvalue weighted by atomic mass is 10.0. The maximum atomic E-state index is 12.8. The molecule has 1 unspecified atom stereocenters. The van der Waals surface area contributed by atoms with Crippen LogP contribution < -0.4 is 5.32 Å². The van der Waals surface area contributed by atoms with Crippen molar-refractivity contribution in [1.82, 2.24) is 9.62 Å². The summed E-state index contributed by atoms with van der Waals surface area (Å²) in [5.41, 5.74) is 3.25. The molecular formula is C21H28N2O3S. The van der Waals surface area contributed by atoms with Crippen LogP contribution in [0.25, 0.3) is 0 Å². The van der Waals surface area contributed by atoms with Crippen molar-refractivity contribution in [3.05, 3.63) is 64.7 Å². The van der Waals surface area contributed by atoms with Crippen LogP contribution in [0.15, 0.2) is 47.4 Å². The molecule has 146 valence electrons. The van der Waals surface area contributed by atoms with Gasteiger partial charge in [-0.1, -0.05) is 44.2 Å². The standard InChI is InChI=1S/C21H28N2O3S/c1-6-23(7-2)27(25,26)18-13-12-16(4)20(14-18)21(24)22-17(5)19-11-9-8-10-15(19)3/h8-14,17H,6-7H2,1-5H3,(H,22,24). The molecule has 0 fully saturated rings. The third-order valence-electron chi connectivity index (χ3n) is 4.80. The minimum Gasteiger partial charge on any atom is -0.345 e. The number of amides is 1. The van der Waals surface area contributed by atoms with E-state index in [1.807, 2.05) is 38.1 Å². The molecule has 0 bridgehead atoms. The molecule has 0 aromatic heterocycles. The molecule has 0 saturated heterocycles. The predicted molar refractivity (Wildman–Crippen MR) is 108 cm³/mol. The summed E-state index contributed by atoms with van der Waals surface area (Å²) >= 11 is 0. The number of sulfonamides is 1. The fourth-order valence-corrected chi connectivity index (χ4v) is 4.63. The van der Waals surface area contributed by atoms with Crippen LogP contribution in [-0.2, 0) is 10.0 Å². The molecule has 0 aliphatic rings. The molecule has 1 amide bonds. The van der Waals surface area contributed by atoms with Gasteiger partial charge in [-0.05, 0) is 49.6 Å². The molecule has 0 saturated carbocycles. The van der Waals surface area contributed by atoms with Crippen LogP contribution in [0.2, 0.25) is 0 Å². The predicted octanol–water partition coefficient (Wildman–Crippen LogP) is 3.82. The van der Waals surface area contributed by atoms with Gasteiger partial charge in [-0.25, -0.2) is 8.42 Å². The molecular weight excluding hydrogens is 360 g/mol. The summed E-state index contributed by atoms with van der Waals surface area (Å²) in [4.78, 5) is 13.0. The van der Waals surface area contributed by atoms with Crippen LogP contribution in [0.4, 0.5) is 0 Å². The number of hydrogen-bond donors (Lipinski definition) is 1. The Balaban J connectivity index is 2.33. The fourth-order valence-electron chi connectivity index (χ4n) is 3.14.